The highest BCUT2D eigenvalue weighted by Gasteiger charge is 2.13. The Morgan fingerprint density at radius 2 is 1.64 bits per heavy atom. The minimum absolute atomic E-state index is 0.0102. The van der Waals surface area contributed by atoms with Crippen molar-refractivity contribution in [2.45, 2.75) is 0 Å². The molecular formula is C19H12N2O4. The summed E-state index contributed by atoms with van der Waals surface area (Å²) < 4.78 is 5.58. The maximum absolute atomic E-state index is 12.6. The molecule has 4 aromatic rings. The number of aromatic amines is 1. The Morgan fingerprint density at radius 1 is 0.920 bits per heavy atom. The van der Waals surface area contributed by atoms with Crippen molar-refractivity contribution >= 4 is 33.7 Å². The molecule has 2 aromatic heterocycles. The number of para-hydroxylation sites is 1. The number of fused-ring (bicyclic) bond motifs is 2. The van der Waals surface area contributed by atoms with E-state index in [2.05, 4.69) is 10.3 Å². The minimum atomic E-state index is -0.546. The van der Waals surface area contributed by atoms with E-state index in [1.54, 1.807) is 54.6 Å². The van der Waals surface area contributed by atoms with E-state index in [1.807, 2.05) is 0 Å². The summed E-state index contributed by atoms with van der Waals surface area (Å²) >= 11 is 0. The Bertz CT molecular complexity index is 1220. The summed E-state index contributed by atoms with van der Waals surface area (Å²) in [6.45, 7) is 0. The number of amides is 1. The van der Waals surface area contributed by atoms with E-state index >= 15 is 0 Å². The first kappa shape index (κ1) is 14.9. The number of hydrogen-bond donors (Lipinski definition) is 2. The van der Waals surface area contributed by atoms with Crippen molar-refractivity contribution in [3.05, 3.63) is 86.8 Å². The summed E-state index contributed by atoms with van der Waals surface area (Å²) in [5.41, 5.74) is 0.0399. The normalized spacial score (nSPS) is 10.9. The van der Waals surface area contributed by atoms with Gasteiger partial charge in [-0.1, -0.05) is 30.3 Å². The fraction of sp³-hybridized carbons (Fsp3) is 0. The van der Waals surface area contributed by atoms with Crippen molar-refractivity contribution in [1.82, 2.24) is 4.98 Å². The van der Waals surface area contributed by atoms with Crippen LogP contribution in [0, 0.1) is 0 Å². The van der Waals surface area contributed by atoms with Crippen molar-refractivity contribution in [2.75, 3.05) is 5.32 Å². The lowest BCUT2D eigenvalue weighted by Gasteiger charge is -2.06. The van der Waals surface area contributed by atoms with Crippen molar-refractivity contribution in [1.29, 1.82) is 0 Å². The zero-order chi connectivity index (χ0) is 17.4. The average Bonchev–Trinajstić information content (AvgIpc) is 2.64. The van der Waals surface area contributed by atoms with Gasteiger partial charge < -0.3 is 9.73 Å². The Balaban J connectivity index is 1.85. The van der Waals surface area contributed by atoms with E-state index in [0.717, 1.165) is 0 Å². The molecule has 25 heavy (non-hydrogen) atoms. The van der Waals surface area contributed by atoms with Gasteiger partial charge in [0.2, 0.25) is 11.1 Å². The monoisotopic (exact) mass is 332 g/mol. The van der Waals surface area contributed by atoms with Crippen LogP contribution in [0.15, 0.2) is 74.7 Å². The molecule has 0 fully saturated rings. The summed E-state index contributed by atoms with van der Waals surface area (Å²) in [7, 11) is 0. The van der Waals surface area contributed by atoms with Gasteiger partial charge in [-0.25, -0.2) is 0 Å². The van der Waals surface area contributed by atoms with E-state index in [1.165, 1.54) is 6.07 Å². The van der Waals surface area contributed by atoms with Gasteiger partial charge in [-0.2, -0.15) is 0 Å². The highest BCUT2D eigenvalue weighted by molar-refractivity contribution is 6.04. The molecule has 2 heterocycles. The highest BCUT2D eigenvalue weighted by atomic mass is 16.3. The Morgan fingerprint density at radius 3 is 2.44 bits per heavy atom. The number of benzene rings is 2. The molecular weight excluding hydrogens is 320 g/mol. The second kappa shape index (κ2) is 5.76. The molecule has 0 aliphatic carbocycles. The van der Waals surface area contributed by atoms with Gasteiger partial charge in [0.15, 0.2) is 0 Å². The SMILES string of the molecule is O=C(Nc1cc2c(=O)c3ccccc3oc2[nH]c1=O)c1ccccc1. The van der Waals surface area contributed by atoms with Crippen molar-refractivity contribution in [3.63, 3.8) is 0 Å². The van der Waals surface area contributed by atoms with Crippen LogP contribution in [0.2, 0.25) is 0 Å². The van der Waals surface area contributed by atoms with E-state index < -0.39 is 11.5 Å². The molecule has 0 atom stereocenters. The molecule has 0 aliphatic rings. The van der Waals surface area contributed by atoms with Gasteiger partial charge in [0.05, 0.1) is 10.8 Å². The molecule has 2 N–H and O–H groups in total. The zero-order valence-electron chi connectivity index (χ0n) is 12.9. The number of carbonyl (C=O) groups is 1. The third kappa shape index (κ3) is 2.59. The second-order valence-electron chi connectivity index (χ2n) is 5.50. The predicted octanol–water partition coefficient (Wildman–Crippen LogP) is 2.89. The topological polar surface area (TPSA) is 92.2 Å². The molecule has 122 valence electrons. The molecule has 0 spiro atoms. The number of anilines is 1. The fourth-order valence-corrected chi connectivity index (χ4v) is 2.64. The van der Waals surface area contributed by atoms with Crippen molar-refractivity contribution in [2.24, 2.45) is 0 Å². The van der Waals surface area contributed by atoms with Gasteiger partial charge in [-0.05, 0) is 30.3 Å². The van der Waals surface area contributed by atoms with Crippen LogP contribution in [0.4, 0.5) is 5.69 Å². The van der Waals surface area contributed by atoms with Gasteiger partial charge >= 0.3 is 0 Å². The number of nitrogens with one attached hydrogen (secondary N) is 2. The molecule has 0 bridgehead atoms. The third-order valence-corrected chi connectivity index (χ3v) is 3.88. The molecule has 2 aromatic carbocycles. The standard InChI is InChI=1S/C19H12N2O4/c22-16-12-8-4-5-9-15(12)25-19-13(16)10-14(18(24)21-19)20-17(23)11-6-2-1-3-7-11/h1-10H,(H,20,23)(H,21,24). The number of rotatable bonds is 2. The summed E-state index contributed by atoms with van der Waals surface area (Å²) in [5, 5.41) is 3.13. The van der Waals surface area contributed by atoms with E-state index in [9.17, 15) is 14.4 Å². The van der Waals surface area contributed by atoms with Gasteiger partial charge in [0.1, 0.15) is 11.3 Å². The quantitative estimate of drug-likeness (QED) is 0.552. The van der Waals surface area contributed by atoms with Crippen molar-refractivity contribution in [3.8, 4) is 0 Å². The van der Waals surface area contributed by atoms with Crippen molar-refractivity contribution < 1.29 is 9.21 Å². The summed E-state index contributed by atoms with van der Waals surface area (Å²) in [5.74, 6) is -0.435. The number of pyridine rings is 1. The number of H-pyrrole nitrogens is 1. The molecule has 0 saturated heterocycles. The lowest BCUT2D eigenvalue weighted by Crippen LogP contribution is -2.20. The molecule has 0 saturated carbocycles. The zero-order valence-corrected chi connectivity index (χ0v) is 12.9. The third-order valence-electron chi connectivity index (χ3n) is 3.88. The Kier molecular flexibility index (Phi) is 3.43. The largest absolute Gasteiger partial charge is 0.439 e. The molecule has 4 rings (SSSR count). The average molecular weight is 332 g/mol. The smallest absolute Gasteiger partial charge is 0.274 e. The number of carbonyl (C=O) groups excluding carboxylic acids is 1. The molecule has 0 aliphatic heterocycles. The molecule has 1 amide bonds. The first-order chi connectivity index (χ1) is 12.1. The van der Waals surface area contributed by atoms with Crippen LogP contribution in [-0.4, -0.2) is 10.9 Å². The maximum atomic E-state index is 12.6. The minimum Gasteiger partial charge on any atom is -0.439 e. The summed E-state index contributed by atoms with van der Waals surface area (Å²) in [4.78, 5) is 39.6. The van der Waals surface area contributed by atoms with Crippen LogP contribution in [0.25, 0.3) is 22.1 Å². The second-order valence-corrected chi connectivity index (χ2v) is 5.50. The van der Waals surface area contributed by atoms with Crippen LogP contribution in [-0.2, 0) is 0 Å². The first-order valence-corrected chi connectivity index (χ1v) is 7.59. The van der Waals surface area contributed by atoms with Crippen LogP contribution >= 0.6 is 0 Å². The molecule has 0 radical (unpaired) electrons. The summed E-state index contributed by atoms with van der Waals surface area (Å²) in [6.07, 6.45) is 0. The maximum Gasteiger partial charge on any atom is 0.274 e. The van der Waals surface area contributed by atoms with Gasteiger partial charge in [0, 0.05) is 5.56 Å². The lowest BCUT2D eigenvalue weighted by atomic mass is 10.1. The summed E-state index contributed by atoms with van der Waals surface area (Å²) in [6, 6.07) is 16.6. The van der Waals surface area contributed by atoms with Gasteiger partial charge in [-0.3, -0.25) is 19.4 Å². The van der Waals surface area contributed by atoms with Gasteiger partial charge in [0.25, 0.3) is 11.5 Å². The van der Waals surface area contributed by atoms with Crippen LogP contribution < -0.4 is 16.3 Å². The molecule has 0 unspecified atom stereocenters. The molecule has 6 nitrogen and oxygen atoms in total. The number of hydrogen-bond acceptors (Lipinski definition) is 4. The Hall–Kier alpha value is -3.67. The fourth-order valence-electron chi connectivity index (χ4n) is 2.64. The van der Waals surface area contributed by atoms with E-state index in [0.29, 0.717) is 16.5 Å². The van der Waals surface area contributed by atoms with Crippen LogP contribution in [0.5, 0.6) is 0 Å². The number of aromatic nitrogens is 1. The predicted molar refractivity (Wildman–Crippen MR) is 95.0 cm³/mol. The lowest BCUT2D eigenvalue weighted by molar-refractivity contribution is 0.102. The first-order valence-electron chi connectivity index (χ1n) is 7.59. The molecule has 6 heteroatoms. The van der Waals surface area contributed by atoms with E-state index in [-0.39, 0.29) is 22.2 Å². The van der Waals surface area contributed by atoms with Gasteiger partial charge in [-0.15, -0.1) is 0 Å². The van der Waals surface area contributed by atoms with Crippen LogP contribution in [0.3, 0.4) is 0 Å². The van der Waals surface area contributed by atoms with Crippen LogP contribution in [0.1, 0.15) is 10.4 Å². The van der Waals surface area contributed by atoms with E-state index in [4.69, 9.17) is 4.42 Å². The highest BCUT2D eigenvalue weighted by Crippen LogP contribution is 2.17. The Labute approximate surface area is 140 Å².